The van der Waals surface area contributed by atoms with Crippen molar-refractivity contribution in [2.24, 2.45) is 17.3 Å². The van der Waals surface area contributed by atoms with Gasteiger partial charge in [-0.1, -0.05) is 18.2 Å². The number of nitrogens with zero attached hydrogens (tertiary/aromatic N) is 2. The van der Waals surface area contributed by atoms with Crippen LogP contribution in [0, 0.1) is 17.3 Å². The number of carboxylic acids is 1. The lowest BCUT2D eigenvalue weighted by molar-refractivity contribution is -0.137. The van der Waals surface area contributed by atoms with Crippen LogP contribution >= 0.6 is 0 Å². The summed E-state index contributed by atoms with van der Waals surface area (Å²) in [6, 6.07) is 9.52. The average Bonchev–Trinajstić information content (AvgIpc) is 3.28. The van der Waals surface area contributed by atoms with Crippen LogP contribution in [-0.2, 0) is 9.59 Å². The first-order valence-electron chi connectivity index (χ1n) is 10.0. The van der Waals surface area contributed by atoms with Gasteiger partial charge in [0.1, 0.15) is 0 Å². The summed E-state index contributed by atoms with van der Waals surface area (Å²) in [6.45, 7) is 5.30. The minimum absolute atomic E-state index is 0.00407. The van der Waals surface area contributed by atoms with Crippen LogP contribution in [-0.4, -0.2) is 66.1 Å². The molecule has 2 saturated heterocycles. The Kier molecular flexibility index (Phi) is 5.19. The van der Waals surface area contributed by atoms with Gasteiger partial charge in [0.25, 0.3) is 0 Å². The normalized spacial score (nSPS) is 28.2. The summed E-state index contributed by atoms with van der Waals surface area (Å²) in [4.78, 5) is 28.4. The van der Waals surface area contributed by atoms with Gasteiger partial charge >= 0.3 is 5.97 Å². The number of para-hydroxylation sites is 1. The molecular weight excluding hydrogens is 342 g/mol. The van der Waals surface area contributed by atoms with Gasteiger partial charge in [0.15, 0.2) is 0 Å². The maximum Gasteiger partial charge on any atom is 0.303 e. The van der Waals surface area contributed by atoms with E-state index in [0.717, 1.165) is 37.8 Å². The zero-order valence-electron chi connectivity index (χ0n) is 15.8. The highest BCUT2D eigenvalue weighted by Crippen LogP contribution is 2.46. The van der Waals surface area contributed by atoms with Crippen LogP contribution in [0.2, 0.25) is 0 Å². The lowest BCUT2D eigenvalue weighted by Gasteiger charge is -2.29. The molecule has 2 heterocycles. The fourth-order valence-electron chi connectivity index (χ4n) is 4.96. The van der Waals surface area contributed by atoms with Crippen LogP contribution in [0.4, 0.5) is 5.69 Å². The van der Waals surface area contributed by atoms with Crippen LogP contribution < -0.4 is 5.32 Å². The van der Waals surface area contributed by atoms with Gasteiger partial charge in [-0.3, -0.25) is 14.5 Å². The molecule has 1 aromatic carbocycles. The minimum atomic E-state index is -0.718. The van der Waals surface area contributed by atoms with E-state index >= 15 is 0 Å². The Labute approximate surface area is 160 Å². The highest BCUT2D eigenvalue weighted by Gasteiger charge is 2.52. The second kappa shape index (κ2) is 7.60. The van der Waals surface area contributed by atoms with Gasteiger partial charge in [-0.25, -0.2) is 0 Å². The molecule has 1 aromatic rings. The summed E-state index contributed by atoms with van der Waals surface area (Å²) in [6.07, 6.45) is 3.62. The number of hydrogen-bond donors (Lipinski definition) is 2. The minimum Gasteiger partial charge on any atom is -0.481 e. The maximum absolute atomic E-state index is 12.4. The van der Waals surface area contributed by atoms with E-state index in [1.807, 2.05) is 30.3 Å². The molecule has 0 aromatic heterocycles. The lowest BCUT2D eigenvalue weighted by Crippen LogP contribution is -2.38. The molecule has 2 aliphatic heterocycles. The molecule has 0 spiro atoms. The van der Waals surface area contributed by atoms with E-state index in [1.54, 1.807) is 0 Å². The second-order valence-corrected chi connectivity index (χ2v) is 8.67. The molecule has 2 unspecified atom stereocenters. The van der Waals surface area contributed by atoms with Crippen LogP contribution in [0.3, 0.4) is 0 Å². The molecule has 1 amide bonds. The quantitative estimate of drug-likeness (QED) is 0.732. The molecule has 27 heavy (non-hydrogen) atoms. The predicted octanol–water partition coefficient (Wildman–Crippen LogP) is 2.13. The SMILES string of the molecule is O=C(O)CCC12CN(CC(=O)Nc3ccccc3)CC1CN(CC1CC1)C2. The van der Waals surface area contributed by atoms with E-state index in [4.69, 9.17) is 0 Å². The Bertz CT molecular complexity index is 691. The van der Waals surface area contributed by atoms with Crippen molar-refractivity contribution in [3.05, 3.63) is 30.3 Å². The molecule has 1 saturated carbocycles. The van der Waals surface area contributed by atoms with Crippen molar-refractivity contribution in [1.82, 2.24) is 9.80 Å². The number of benzene rings is 1. The number of fused-ring (bicyclic) bond motifs is 1. The zero-order chi connectivity index (χ0) is 18.9. The maximum atomic E-state index is 12.4. The van der Waals surface area contributed by atoms with Crippen molar-refractivity contribution in [1.29, 1.82) is 0 Å². The molecule has 3 fully saturated rings. The van der Waals surface area contributed by atoms with Crippen LogP contribution in [0.5, 0.6) is 0 Å². The van der Waals surface area contributed by atoms with Gasteiger partial charge in [0.05, 0.1) is 6.54 Å². The summed E-state index contributed by atoms with van der Waals surface area (Å²) in [5, 5.41) is 12.2. The summed E-state index contributed by atoms with van der Waals surface area (Å²) < 4.78 is 0. The third-order valence-corrected chi connectivity index (χ3v) is 6.38. The van der Waals surface area contributed by atoms with Crippen molar-refractivity contribution >= 4 is 17.6 Å². The van der Waals surface area contributed by atoms with Crippen LogP contribution in [0.25, 0.3) is 0 Å². The van der Waals surface area contributed by atoms with E-state index in [0.29, 0.717) is 18.9 Å². The Morgan fingerprint density at radius 3 is 2.52 bits per heavy atom. The molecule has 146 valence electrons. The van der Waals surface area contributed by atoms with E-state index in [-0.39, 0.29) is 17.7 Å². The topological polar surface area (TPSA) is 72.9 Å². The van der Waals surface area contributed by atoms with Crippen molar-refractivity contribution in [3.63, 3.8) is 0 Å². The van der Waals surface area contributed by atoms with Gasteiger partial charge in [0, 0.05) is 50.2 Å². The summed E-state index contributed by atoms with van der Waals surface area (Å²) >= 11 is 0. The van der Waals surface area contributed by atoms with Crippen LogP contribution in [0.1, 0.15) is 25.7 Å². The van der Waals surface area contributed by atoms with Gasteiger partial charge in [0.2, 0.25) is 5.91 Å². The number of carboxylic acid groups (broad SMARTS) is 1. The van der Waals surface area contributed by atoms with Gasteiger partial charge < -0.3 is 15.3 Å². The Hall–Kier alpha value is -1.92. The third-order valence-electron chi connectivity index (χ3n) is 6.38. The second-order valence-electron chi connectivity index (χ2n) is 8.67. The number of rotatable bonds is 8. The van der Waals surface area contributed by atoms with Crippen LogP contribution in [0.15, 0.2) is 30.3 Å². The number of carbonyl (C=O) groups excluding carboxylic acids is 1. The van der Waals surface area contributed by atoms with Gasteiger partial charge in [-0.15, -0.1) is 0 Å². The molecular formula is C21H29N3O3. The first-order valence-corrected chi connectivity index (χ1v) is 10.0. The number of anilines is 1. The van der Waals surface area contributed by atoms with E-state index in [9.17, 15) is 14.7 Å². The number of nitrogens with one attached hydrogen (secondary N) is 1. The fourth-order valence-corrected chi connectivity index (χ4v) is 4.96. The predicted molar refractivity (Wildman–Crippen MR) is 103 cm³/mol. The molecule has 1 aliphatic carbocycles. The summed E-state index contributed by atoms with van der Waals surface area (Å²) in [7, 11) is 0. The third kappa shape index (κ3) is 4.50. The zero-order valence-corrected chi connectivity index (χ0v) is 15.8. The molecule has 2 N–H and O–H groups in total. The molecule has 6 heteroatoms. The number of likely N-dealkylation sites (tertiary alicyclic amines) is 2. The first-order chi connectivity index (χ1) is 13.0. The number of aliphatic carboxylic acids is 1. The van der Waals surface area contributed by atoms with E-state index in [1.165, 1.54) is 19.4 Å². The van der Waals surface area contributed by atoms with E-state index in [2.05, 4.69) is 15.1 Å². The largest absolute Gasteiger partial charge is 0.481 e. The lowest BCUT2D eigenvalue weighted by atomic mass is 9.77. The fraction of sp³-hybridized carbons (Fsp3) is 0.619. The molecule has 4 rings (SSSR count). The van der Waals surface area contributed by atoms with Crippen molar-refractivity contribution < 1.29 is 14.7 Å². The van der Waals surface area contributed by atoms with Crippen molar-refractivity contribution in [2.75, 3.05) is 44.6 Å². The molecule has 2 atom stereocenters. The van der Waals surface area contributed by atoms with E-state index < -0.39 is 5.97 Å². The molecule has 0 bridgehead atoms. The smallest absolute Gasteiger partial charge is 0.303 e. The van der Waals surface area contributed by atoms with Gasteiger partial charge in [-0.2, -0.15) is 0 Å². The van der Waals surface area contributed by atoms with Crippen molar-refractivity contribution in [2.45, 2.75) is 25.7 Å². The number of hydrogen-bond acceptors (Lipinski definition) is 4. The molecule has 6 nitrogen and oxygen atoms in total. The van der Waals surface area contributed by atoms with Gasteiger partial charge in [-0.05, 0) is 43.2 Å². The Morgan fingerprint density at radius 1 is 1.11 bits per heavy atom. The monoisotopic (exact) mass is 371 g/mol. The highest BCUT2D eigenvalue weighted by atomic mass is 16.4. The summed E-state index contributed by atoms with van der Waals surface area (Å²) in [5.74, 6) is 0.613. The molecule has 0 radical (unpaired) electrons. The summed E-state index contributed by atoms with van der Waals surface area (Å²) in [5.41, 5.74) is 0.846. The highest BCUT2D eigenvalue weighted by molar-refractivity contribution is 5.92. The van der Waals surface area contributed by atoms with Crippen molar-refractivity contribution in [3.8, 4) is 0 Å². The Morgan fingerprint density at radius 2 is 1.81 bits per heavy atom. The number of carbonyl (C=O) groups is 2. The molecule has 3 aliphatic rings. The Balaban J connectivity index is 1.36. The standard InChI is InChI=1S/C21H29N3O3/c25-19(22-18-4-2-1-3-5-18)13-24-12-17-11-23(10-16-6-7-16)14-21(17,15-24)9-8-20(26)27/h1-5,16-17H,6-15H2,(H,22,25)(H,26,27). The first kappa shape index (κ1) is 18.4. The number of amides is 1. The average molecular weight is 371 g/mol.